The second kappa shape index (κ2) is 8.67. The van der Waals surface area contributed by atoms with Crippen molar-refractivity contribution < 1.29 is 19.1 Å². The molecule has 0 saturated carbocycles. The van der Waals surface area contributed by atoms with E-state index < -0.39 is 12.0 Å². The quantitative estimate of drug-likeness (QED) is 0.656. The summed E-state index contributed by atoms with van der Waals surface area (Å²) >= 11 is 0. The number of nitrogens with one attached hydrogen (secondary N) is 2. The molecule has 9 heteroatoms. The third-order valence-corrected chi connectivity index (χ3v) is 3.75. The number of pyridine rings is 1. The molecule has 0 aliphatic carbocycles. The number of hydrogen-bond acceptors (Lipinski definition) is 6. The van der Waals surface area contributed by atoms with E-state index in [2.05, 4.69) is 20.8 Å². The van der Waals surface area contributed by atoms with E-state index in [0.717, 1.165) is 11.3 Å². The van der Waals surface area contributed by atoms with E-state index in [-0.39, 0.29) is 18.2 Å². The van der Waals surface area contributed by atoms with E-state index in [1.165, 1.54) is 13.2 Å². The van der Waals surface area contributed by atoms with Crippen LogP contribution in [0.15, 0.2) is 55.0 Å². The van der Waals surface area contributed by atoms with Crippen LogP contribution in [0.5, 0.6) is 5.88 Å². The van der Waals surface area contributed by atoms with Gasteiger partial charge in [-0.2, -0.15) is 0 Å². The van der Waals surface area contributed by atoms with E-state index in [4.69, 9.17) is 9.47 Å². The Balaban J connectivity index is 1.58. The number of benzene rings is 1. The Labute approximate surface area is 161 Å². The molecular weight excluding hydrogens is 362 g/mol. The zero-order valence-electron chi connectivity index (χ0n) is 15.4. The lowest BCUT2D eigenvalue weighted by Gasteiger charge is -2.11. The molecule has 0 fully saturated rings. The molecule has 9 nitrogen and oxygen atoms in total. The predicted molar refractivity (Wildman–Crippen MR) is 99.9 cm³/mol. The van der Waals surface area contributed by atoms with Gasteiger partial charge >= 0.3 is 6.09 Å². The van der Waals surface area contributed by atoms with Gasteiger partial charge in [-0.25, -0.2) is 20.2 Å². The molecule has 2 amide bonds. The summed E-state index contributed by atoms with van der Waals surface area (Å²) in [5.74, 6) is -0.361. The summed E-state index contributed by atoms with van der Waals surface area (Å²) < 4.78 is 12.0. The van der Waals surface area contributed by atoms with Gasteiger partial charge in [0.2, 0.25) is 5.88 Å². The molecule has 2 aromatic heterocycles. The Bertz CT molecular complexity index is 971. The number of ether oxygens (including phenoxy) is 2. The van der Waals surface area contributed by atoms with Crippen molar-refractivity contribution in [2.45, 2.75) is 13.5 Å². The molecule has 1 aromatic carbocycles. The van der Waals surface area contributed by atoms with Crippen molar-refractivity contribution in [3.63, 3.8) is 0 Å². The first kappa shape index (κ1) is 18.9. The second-order valence-corrected chi connectivity index (χ2v) is 5.79. The Morgan fingerprint density at radius 1 is 1.11 bits per heavy atom. The molecule has 0 aliphatic heterocycles. The van der Waals surface area contributed by atoms with Gasteiger partial charge in [0, 0.05) is 6.20 Å². The lowest BCUT2D eigenvalue weighted by molar-refractivity contribution is 0.0899. The summed E-state index contributed by atoms with van der Waals surface area (Å²) in [5, 5.41) is 0. The summed E-state index contributed by atoms with van der Waals surface area (Å²) in [6, 6.07) is 12.4. The number of rotatable bonds is 5. The highest BCUT2D eigenvalue weighted by Crippen LogP contribution is 2.20. The van der Waals surface area contributed by atoms with Crippen LogP contribution in [0.3, 0.4) is 0 Å². The monoisotopic (exact) mass is 381 g/mol. The fourth-order valence-corrected chi connectivity index (χ4v) is 2.39. The highest BCUT2D eigenvalue weighted by Gasteiger charge is 2.14. The van der Waals surface area contributed by atoms with Crippen LogP contribution in [0.25, 0.3) is 5.69 Å². The number of carbonyl (C=O) groups is 2. The molecule has 0 radical (unpaired) electrons. The molecule has 144 valence electrons. The van der Waals surface area contributed by atoms with Crippen LogP contribution < -0.4 is 15.6 Å². The topological polar surface area (TPSA) is 107 Å². The standard InChI is InChI=1S/C19H19N5O4/c1-13-10-24(12-20-13)16-9-8-15(21-18(16)27-2)17(25)22-23-19(26)28-11-14-6-4-3-5-7-14/h3-10,12H,11H2,1-2H3,(H,22,25)(H,23,26). The Morgan fingerprint density at radius 3 is 2.57 bits per heavy atom. The molecule has 0 atom stereocenters. The summed E-state index contributed by atoms with van der Waals surface area (Å²) in [6.45, 7) is 1.95. The highest BCUT2D eigenvalue weighted by atomic mass is 16.6. The number of carbonyl (C=O) groups excluding carboxylic acids is 2. The molecule has 0 spiro atoms. The fraction of sp³-hybridized carbons (Fsp3) is 0.158. The number of imidazole rings is 1. The molecule has 0 aliphatic rings. The Hall–Kier alpha value is -3.88. The zero-order chi connectivity index (χ0) is 19.9. The van der Waals surface area contributed by atoms with E-state index in [1.807, 2.05) is 43.5 Å². The second-order valence-electron chi connectivity index (χ2n) is 5.79. The van der Waals surface area contributed by atoms with Crippen LogP contribution in [-0.4, -0.2) is 33.6 Å². The summed E-state index contributed by atoms with van der Waals surface area (Å²) in [5.41, 5.74) is 6.80. The van der Waals surface area contributed by atoms with E-state index >= 15 is 0 Å². The maximum absolute atomic E-state index is 12.2. The minimum atomic E-state index is -0.783. The number of nitrogens with zero attached hydrogens (tertiary/aromatic N) is 3. The van der Waals surface area contributed by atoms with Gasteiger partial charge in [0.25, 0.3) is 5.91 Å². The van der Waals surface area contributed by atoms with Gasteiger partial charge in [0.05, 0.1) is 19.1 Å². The summed E-state index contributed by atoms with van der Waals surface area (Å²) in [4.78, 5) is 32.3. The third kappa shape index (κ3) is 4.64. The average Bonchev–Trinajstić information content (AvgIpc) is 3.16. The van der Waals surface area contributed by atoms with E-state index in [1.54, 1.807) is 17.0 Å². The van der Waals surface area contributed by atoms with Crippen molar-refractivity contribution in [1.82, 2.24) is 25.4 Å². The smallest absolute Gasteiger partial charge is 0.426 e. The average molecular weight is 381 g/mol. The van der Waals surface area contributed by atoms with E-state index in [0.29, 0.717) is 5.69 Å². The maximum atomic E-state index is 12.2. The maximum Gasteiger partial charge on any atom is 0.426 e. The summed E-state index contributed by atoms with van der Waals surface area (Å²) in [7, 11) is 1.45. The van der Waals surface area contributed by atoms with Gasteiger partial charge in [-0.1, -0.05) is 30.3 Å². The van der Waals surface area contributed by atoms with Crippen LogP contribution in [0.2, 0.25) is 0 Å². The Kier molecular flexibility index (Phi) is 5.85. The third-order valence-electron chi connectivity index (χ3n) is 3.75. The molecule has 2 heterocycles. The summed E-state index contributed by atoms with van der Waals surface area (Å²) in [6.07, 6.45) is 2.65. The van der Waals surface area contributed by atoms with Crippen molar-refractivity contribution in [2.75, 3.05) is 7.11 Å². The molecule has 28 heavy (non-hydrogen) atoms. The van der Waals surface area contributed by atoms with Gasteiger partial charge in [0.1, 0.15) is 18.0 Å². The number of hydrogen-bond donors (Lipinski definition) is 2. The normalized spacial score (nSPS) is 10.2. The minimum Gasteiger partial charge on any atom is -0.479 e. The van der Waals surface area contributed by atoms with Crippen LogP contribution >= 0.6 is 0 Å². The van der Waals surface area contributed by atoms with Gasteiger partial charge < -0.3 is 14.0 Å². The lowest BCUT2D eigenvalue weighted by Crippen LogP contribution is -2.42. The first-order valence-corrected chi connectivity index (χ1v) is 8.40. The highest BCUT2D eigenvalue weighted by molar-refractivity contribution is 5.93. The molecule has 0 unspecified atom stereocenters. The van der Waals surface area contributed by atoms with Crippen LogP contribution in [0.1, 0.15) is 21.7 Å². The molecular formula is C19H19N5O4. The zero-order valence-corrected chi connectivity index (χ0v) is 15.4. The fourth-order valence-electron chi connectivity index (χ4n) is 2.39. The lowest BCUT2D eigenvalue weighted by atomic mass is 10.2. The van der Waals surface area contributed by atoms with Gasteiger partial charge in [0.15, 0.2) is 0 Å². The van der Waals surface area contributed by atoms with Crippen molar-refractivity contribution >= 4 is 12.0 Å². The molecule has 0 saturated heterocycles. The van der Waals surface area contributed by atoms with Crippen LogP contribution in [0.4, 0.5) is 4.79 Å². The minimum absolute atomic E-state index is 0.0702. The largest absolute Gasteiger partial charge is 0.479 e. The van der Waals surface area contributed by atoms with Crippen molar-refractivity contribution in [1.29, 1.82) is 0 Å². The number of hydrazine groups is 1. The number of methoxy groups -OCH3 is 1. The molecule has 2 N–H and O–H groups in total. The molecule has 3 rings (SSSR count). The first-order chi connectivity index (χ1) is 13.6. The van der Waals surface area contributed by atoms with Gasteiger partial charge in [-0.3, -0.25) is 10.2 Å². The van der Waals surface area contributed by atoms with Crippen LogP contribution in [0, 0.1) is 6.92 Å². The Morgan fingerprint density at radius 2 is 1.89 bits per heavy atom. The van der Waals surface area contributed by atoms with Crippen molar-refractivity contribution in [3.8, 4) is 11.6 Å². The SMILES string of the molecule is COc1nc(C(=O)NNC(=O)OCc2ccccc2)ccc1-n1cnc(C)c1. The van der Waals surface area contributed by atoms with Gasteiger partial charge in [-0.15, -0.1) is 0 Å². The van der Waals surface area contributed by atoms with E-state index in [9.17, 15) is 9.59 Å². The number of amides is 2. The number of aryl methyl sites for hydroxylation is 1. The number of aromatic nitrogens is 3. The molecule has 3 aromatic rings. The van der Waals surface area contributed by atoms with Crippen molar-refractivity contribution in [2.24, 2.45) is 0 Å². The first-order valence-electron chi connectivity index (χ1n) is 8.40. The predicted octanol–water partition coefficient (Wildman–Crippen LogP) is 2.16. The van der Waals surface area contributed by atoms with Crippen molar-refractivity contribution in [3.05, 3.63) is 71.9 Å². The van der Waals surface area contributed by atoms with Crippen LogP contribution in [-0.2, 0) is 11.3 Å². The van der Waals surface area contributed by atoms with Gasteiger partial charge in [-0.05, 0) is 24.6 Å². The molecule has 0 bridgehead atoms.